The van der Waals surface area contributed by atoms with Crippen molar-refractivity contribution >= 4 is 27.6 Å². The van der Waals surface area contributed by atoms with Gasteiger partial charge in [0.05, 0.1) is 12.6 Å². The highest BCUT2D eigenvalue weighted by Gasteiger charge is 2.38. The Morgan fingerprint density at radius 1 is 1.18 bits per heavy atom. The van der Waals surface area contributed by atoms with Crippen molar-refractivity contribution in [3.8, 4) is 0 Å². The minimum atomic E-state index is -4.37. The van der Waals surface area contributed by atoms with E-state index in [0.29, 0.717) is 28.1 Å². The number of nitrogens with one attached hydrogen (secondary N) is 2. The van der Waals surface area contributed by atoms with Crippen molar-refractivity contribution in [2.24, 2.45) is 7.05 Å². The third kappa shape index (κ3) is 6.19. The molecule has 1 aromatic heterocycles. The normalized spacial score (nSPS) is 17.5. The predicted molar refractivity (Wildman–Crippen MR) is 133 cm³/mol. The second-order valence-electron chi connectivity index (χ2n) is 9.02. The number of aryl methyl sites for hydroxylation is 2. The number of anilines is 2. The molecule has 0 radical (unpaired) electrons. The van der Waals surface area contributed by atoms with Gasteiger partial charge < -0.3 is 10.7 Å². The minimum Gasteiger partial charge on any atom is -0.355 e. The molecule has 3 aromatic rings. The highest BCUT2D eigenvalue weighted by atomic mass is 32.2. The predicted octanol–water partition coefficient (Wildman–Crippen LogP) is 4.00. The van der Waals surface area contributed by atoms with Crippen LogP contribution in [0, 0.1) is 18.2 Å². The molecule has 0 unspecified atom stereocenters. The first-order valence-electron chi connectivity index (χ1n) is 11.7. The summed E-state index contributed by atoms with van der Waals surface area (Å²) in [5, 5.41) is 18.5. The fourth-order valence-corrected chi connectivity index (χ4v) is 5.77. The zero-order valence-electron chi connectivity index (χ0n) is 20.7. The number of sulfonamides is 1. The van der Waals surface area contributed by atoms with E-state index in [1.807, 2.05) is 0 Å². The number of hydrogen-bond acceptors (Lipinski definition) is 7. The van der Waals surface area contributed by atoms with Gasteiger partial charge in [-0.05, 0) is 54.4 Å². The molecule has 204 valence electrons. The molecule has 0 bridgehead atoms. The lowest BCUT2D eigenvalue weighted by atomic mass is 9.94. The molecule has 0 saturated carbocycles. The fourth-order valence-electron chi connectivity index (χ4n) is 4.44. The van der Waals surface area contributed by atoms with Gasteiger partial charge in [0, 0.05) is 62.4 Å². The molecule has 0 spiro atoms. The third-order valence-corrected chi connectivity index (χ3v) is 8.12. The number of rotatable bonds is 8. The number of halogens is 4. The maximum Gasteiger partial charge on any atom is 0.390 e. The Kier molecular flexibility index (Phi) is 7.85. The van der Waals surface area contributed by atoms with Gasteiger partial charge in [-0.1, -0.05) is 0 Å². The van der Waals surface area contributed by atoms with Crippen LogP contribution in [0.4, 0.5) is 28.9 Å². The Balaban J connectivity index is 1.69. The molecule has 2 N–H and O–H groups in total. The molecule has 0 amide bonds. The molecule has 1 aliphatic rings. The Morgan fingerprint density at radius 3 is 2.50 bits per heavy atom. The number of nitrogens with zero attached hydrogens (tertiary/aromatic N) is 5. The second kappa shape index (κ2) is 10.8. The standard InChI is InChI=1S/C24H27F4N7O2S/c1-16-11-21(31-19-5-3-18(25)4-6-19)17(13-29)12-20(16)22-15-35(10-9-34(22)8-7-24(26,27)28)38(36,37)23-14-30-33(2)32-23/h3-6,11-14,22,29,31H,7-10,15H2,1-2H3/t22-/m0/s1. The number of piperazine rings is 1. The lowest BCUT2D eigenvalue weighted by Gasteiger charge is -2.41. The summed E-state index contributed by atoms with van der Waals surface area (Å²) in [5.41, 5.74) is 2.89. The summed E-state index contributed by atoms with van der Waals surface area (Å²) in [6, 6.07) is 8.40. The monoisotopic (exact) mass is 553 g/mol. The maximum absolute atomic E-state index is 13.3. The van der Waals surface area contributed by atoms with Crippen molar-refractivity contribution in [2.75, 3.05) is 31.5 Å². The first-order chi connectivity index (χ1) is 17.9. The van der Waals surface area contributed by atoms with Crippen LogP contribution in [0.25, 0.3) is 0 Å². The lowest BCUT2D eigenvalue weighted by molar-refractivity contribution is -0.140. The zero-order valence-corrected chi connectivity index (χ0v) is 21.5. The van der Waals surface area contributed by atoms with Gasteiger partial charge in [0.25, 0.3) is 10.0 Å². The molecule has 9 nitrogen and oxygen atoms in total. The summed E-state index contributed by atoms with van der Waals surface area (Å²) in [4.78, 5) is 2.75. The van der Waals surface area contributed by atoms with Gasteiger partial charge >= 0.3 is 6.18 Å². The summed E-state index contributed by atoms with van der Waals surface area (Å²) in [6.07, 6.45) is -3.17. The molecular formula is C24H27F4N7O2S. The van der Waals surface area contributed by atoms with Crippen LogP contribution in [0.2, 0.25) is 0 Å². The van der Waals surface area contributed by atoms with Crippen LogP contribution in [0.1, 0.15) is 29.2 Å². The number of aromatic nitrogens is 3. The van der Waals surface area contributed by atoms with Gasteiger partial charge in [-0.25, -0.2) is 12.8 Å². The molecule has 1 fully saturated rings. The molecule has 1 aliphatic heterocycles. The van der Waals surface area contributed by atoms with Crippen molar-refractivity contribution < 1.29 is 26.0 Å². The highest BCUT2D eigenvalue weighted by molar-refractivity contribution is 7.89. The highest BCUT2D eigenvalue weighted by Crippen LogP contribution is 2.35. The molecular weight excluding hydrogens is 526 g/mol. The molecule has 38 heavy (non-hydrogen) atoms. The van der Waals surface area contributed by atoms with Crippen molar-refractivity contribution in [3.05, 3.63) is 65.1 Å². The molecule has 1 atom stereocenters. The van der Waals surface area contributed by atoms with Gasteiger partial charge in [-0.15, -0.1) is 5.10 Å². The average Bonchev–Trinajstić information content (AvgIpc) is 3.31. The average molecular weight is 554 g/mol. The number of alkyl halides is 3. The largest absolute Gasteiger partial charge is 0.390 e. The van der Waals surface area contributed by atoms with Crippen LogP contribution in [0.5, 0.6) is 0 Å². The quantitative estimate of drug-likeness (QED) is 0.323. The maximum atomic E-state index is 13.3. The van der Waals surface area contributed by atoms with E-state index in [4.69, 9.17) is 5.41 Å². The van der Waals surface area contributed by atoms with E-state index in [2.05, 4.69) is 15.5 Å². The first kappa shape index (κ1) is 27.7. The Morgan fingerprint density at radius 2 is 1.89 bits per heavy atom. The Bertz CT molecular complexity index is 1410. The van der Waals surface area contributed by atoms with Gasteiger partial charge in [0.1, 0.15) is 5.82 Å². The smallest absolute Gasteiger partial charge is 0.355 e. The van der Waals surface area contributed by atoms with Gasteiger partial charge in [-0.2, -0.15) is 27.4 Å². The van der Waals surface area contributed by atoms with Crippen molar-refractivity contribution in [1.82, 2.24) is 24.2 Å². The molecule has 2 heterocycles. The van der Waals surface area contributed by atoms with Crippen molar-refractivity contribution in [1.29, 1.82) is 5.41 Å². The molecule has 2 aromatic carbocycles. The van der Waals surface area contributed by atoms with Crippen LogP contribution in [-0.2, 0) is 17.1 Å². The van der Waals surface area contributed by atoms with Crippen LogP contribution in [0.15, 0.2) is 47.6 Å². The summed E-state index contributed by atoms with van der Waals surface area (Å²) in [5.74, 6) is -0.397. The van der Waals surface area contributed by atoms with Crippen LogP contribution >= 0.6 is 0 Å². The van der Waals surface area contributed by atoms with Crippen LogP contribution in [-0.4, -0.2) is 71.2 Å². The Hall–Kier alpha value is -3.36. The molecule has 4 rings (SSSR count). The third-order valence-electron chi connectivity index (χ3n) is 6.40. The van der Waals surface area contributed by atoms with Crippen molar-refractivity contribution in [2.45, 2.75) is 30.6 Å². The topological polar surface area (TPSA) is 107 Å². The first-order valence-corrected chi connectivity index (χ1v) is 13.2. The Labute approximate surface area is 217 Å². The molecule has 0 aliphatic carbocycles. The van der Waals surface area contributed by atoms with Crippen molar-refractivity contribution in [3.63, 3.8) is 0 Å². The van der Waals surface area contributed by atoms with E-state index >= 15 is 0 Å². The number of hydrogen-bond donors (Lipinski definition) is 2. The lowest BCUT2D eigenvalue weighted by Crippen LogP contribution is -2.51. The van der Waals surface area contributed by atoms with E-state index in [1.165, 1.54) is 23.5 Å². The van der Waals surface area contributed by atoms with E-state index < -0.39 is 34.5 Å². The van der Waals surface area contributed by atoms with Gasteiger partial charge in [-0.3, -0.25) is 4.90 Å². The fraction of sp³-hybridized carbons (Fsp3) is 0.375. The van der Waals surface area contributed by atoms with Gasteiger partial charge in [0.15, 0.2) is 0 Å². The van der Waals surface area contributed by atoms with E-state index in [-0.39, 0.29) is 31.2 Å². The van der Waals surface area contributed by atoms with Gasteiger partial charge in [0.2, 0.25) is 5.03 Å². The minimum absolute atomic E-state index is 0.00601. The number of benzene rings is 2. The van der Waals surface area contributed by atoms with E-state index in [9.17, 15) is 26.0 Å². The summed E-state index contributed by atoms with van der Waals surface area (Å²) in [6.45, 7) is 1.45. The summed E-state index contributed by atoms with van der Waals surface area (Å²) in [7, 11) is -2.54. The molecule has 14 heteroatoms. The summed E-state index contributed by atoms with van der Waals surface area (Å²) >= 11 is 0. The van der Waals surface area contributed by atoms with E-state index in [0.717, 1.165) is 17.2 Å². The van der Waals surface area contributed by atoms with E-state index in [1.54, 1.807) is 36.1 Å². The second-order valence-corrected chi connectivity index (χ2v) is 10.9. The zero-order chi connectivity index (χ0) is 27.7. The van der Waals surface area contributed by atoms with Crippen LogP contribution in [0.3, 0.4) is 0 Å². The summed E-state index contributed by atoms with van der Waals surface area (Å²) < 4.78 is 80.3. The van der Waals surface area contributed by atoms with Crippen LogP contribution < -0.4 is 5.32 Å². The molecule has 1 saturated heterocycles. The SMILES string of the molecule is Cc1cc(Nc2ccc(F)cc2)c(C=N)cc1[C@@H]1CN(S(=O)(=O)c2cnn(C)n2)CCN1CCC(F)(F)F.